The van der Waals surface area contributed by atoms with Crippen LogP contribution < -0.4 is 10.3 Å². The fourth-order valence-electron chi connectivity index (χ4n) is 3.61. The number of carbonyl (C=O) groups excluding carboxylic acids is 1. The zero-order valence-corrected chi connectivity index (χ0v) is 16.0. The molecule has 0 unspecified atom stereocenters. The summed E-state index contributed by atoms with van der Waals surface area (Å²) in [5, 5.41) is 4.57. The zero-order chi connectivity index (χ0) is 21.3. The van der Waals surface area contributed by atoms with Gasteiger partial charge in [-0.1, -0.05) is 18.2 Å². The van der Waals surface area contributed by atoms with Gasteiger partial charge in [-0.15, -0.1) is 0 Å². The standard InChI is InChI=1S/C21H19F3N4O2/c22-21(23,24)15-4-3-5-16(12-15)26-8-10-27(11-9-26)20(30)14-28-18-7-2-1-6-17(18)19(29)13-25-28/h1-7,12-13H,8-11,14H2. The van der Waals surface area contributed by atoms with Crippen molar-refractivity contribution >= 4 is 22.5 Å². The summed E-state index contributed by atoms with van der Waals surface area (Å²) in [4.78, 5) is 28.2. The van der Waals surface area contributed by atoms with Crippen LogP contribution in [-0.2, 0) is 17.5 Å². The van der Waals surface area contributed by atoms with Crippen LogP contribution in [-0.4, -0.2) is 46.8 Å². The van der Waals surface area contributed by atoms with Crippen molar-refractivity contribution in [1.82, 2.24) is 14.7 Å². The Morgan fingerprint density at radius 2 is 1.73 bits per heavy atom. The lowest BCUT2D eigenvalue weighted by atomic mass is 10.1. The van der Waals surface area contributed by atoms with Crippen molar-refractivity contribution in [2.24, 2.45) is 0 Å². The van der Waals surface area contributed by atoms with E-state index in [0.717, 1.165) is 12.1 Å². The van der Waals surface area contributed by atoms with E-state index in [0.29, 0.717) is 42.8 Å². The summed E-state index contributed by atoms with van der Waals surface area (Å²) >= 11 is 0. The summed E-state index contributed by atoms with van der Waals surface area (Å²) < 4.78 is 40.3. The molecule has 0 saturated carbocycles. The molecule has 6 nitrogen and oxygen atoms in total. The van der Waals surface area contributed by atoms with E-state index in [1.807, 2.05) is 4.90 Å². The number of amides is 1. The molecule has 1 aliphatic rings. The second-order valence-corrected chi connectivity index (χ2v) is 7.10. The Balaban J connectivity index is 1.43. The number of nitrogens with zero attached hydrogens (tertiary/aromatic N) is 4. The number of aromatic nitrogens is 2. The Labute approximate surface area is 170 Å². The first-order chi connectivity index (χ1) is 14.3. The van der Waals surface area contributed by atoms with Gasteiger partial charge in [-0.05, 0) is 30.3 Å². The van der Waals surface area contributed by atoms with Gasteiger partial charge in [-0.2, -0.15) is 18.3 Å². The van der Waals surface area contributed by atoms with Crippen molar-refractivity contribution in [3.8, 4) is 0 Å². The van der Waals surface area contributed by atoms with E-state index in [1.54, 1.807) is 35.2 Å². The maximum Gasteiger partial charge on any atom is 0.416 e. The highest BCUT2D eigenvalue weighted by atomic mass is 19.4. The molecule has 0 atom stereocenters. The summed E-state index contributed by atoms with van der Waals surface area (Å²) in [7, 11) is 0. The molecule has 0 radical (unpaired) electrons. The summed E-state index contributed by atoms with van der Waals surface area (Å²) in [6, 6.07) is 12.2. The third kappa shape index (κ3) is 4.00. The molecule has 1 aliphatic heterocycles. The number of hydrogen-bond donors (Lipinski definition) is 0. The van der Waals surface area contributed by atoms with Gasteiger partial charge in [0.2, 0.25) is 11.3 Å². The number of rotatable bonds is 3. The highest BCUT2D eigenvalue weighted by molar-refractivity contribution is 5.81. The monoisotopic (exact) mass is 416 g/mol. The van der Waals surface area contributed by atoms with Crippen LogP contribution >= 0.6 is 0 Å². The molecule has 0 aliphatic carbocycles. The van der Waals surface area contributed by atoms with E-state index in [4.69, 9.17) is 0 Å². The van der Waals surface area contributed by atoms with Crippen molar-refractivity contribution in [3.63, 3.8) is 0 Å². The first kappa shape index (κ1) is 19.9. The van der Waals surface area contributed by atoms with Crippen molar-refractivity contribution in [1.29, 1.82) is 0 Å². The van der Waals surface area contributed by atoms with E-state index in [1.165, 1.54) is 16.9 Å². The van der Waals surface area contributed by atoms with Crippen molar-refractivity contribution < 1.29 is 18.0 Å². The van der Waals surface area contributed by atoms with E-state index in [2.05, 4.69) is 5.10 Å². The van der Waals surface area contributed by atoms with Gasteiger partial charge < -0.3 is 9.80 Å². The number of hydrogen-bond acceptors (Lipinski definition) is 4. The molecule has 4 rings (SSSR count). The lowest BCUT2D eigenvalue weighted by Gasteiger charge is -2.36. The Kier molecular flexibility index (Phi) is 5.19. The van der Waals surface area contributed by atoms with Gasteiger partial charge >= 0.3 is 6.18 Å². The molecular formula is C21H19F3N4O2. The summed E-state index contributed by atoms with van der Waals surface area (Å²) in [5.74, 6) is -0.153. The highest BCUT2D eigenvalue weighted by Crippen LogP contribution is 2.31. The molecule has 3 aromatic rings. The van der Waals surface area contributed by atoms with Gasteiger partial charge in [-0.3, -0.25) is 14.3 Å². The SMILES string of the molecule is O=C(Cn1ncc(=O)c2ccccc21)N1CCN(c2cccc(C(F)(F)F)c2)CC1. The fraction of sp³-hybridized carbons (Fsp3) is 0.286. The average molecular weight is 416 g/mol. The average Bonchev–Trinajstić information content (AvgIpc) is 2.75. The smallest absolute Gasteiger partial charge is 0.368 e. The predicted octanol–water partition coefficient (Wildman–Crippen LogP) is 2.76. The Hall–Kier alpha value is -3.36. The number of alkyl halides is 3. The molecule has 1 aromatic heterocycles. The minimum Gasteiger partial charge on any atom is -0.368 e. The molecular weight excluding hydrogens is 397 g/mol. The van der Waals surface area contributed by atoms with Gasteiger partial charge in [0.05, 0.1) is 17.3 Å². The topological polar surface area (TPSA) is 58.4 Å². The van der Waals surface area contributed by atoms with E-state index in [9.17, 15) is 22.8 Å². The van der Waals surface area contributed by atoms with Crippen molar-refractivity contribution in [2.45, 2.75) is 12.7 Å². The van der Waals surface area contributed by atoms with Crippen LogP contribution in [0.2, 0.25) is 0 Å². The molecule has 0 spiro atoms. The number of halogens is 3. The second kappa shape index (κ2) is 7.81. The maximum absolute atomic E-state index is 12.9. The zero-order valence-electron chi connectivity index (χ0n) is 16.0. The number of piperazine rings is 1. The van der Waals surface area contributed by atoms with Crippen LogP contribution in [0.3, 0.4) is 0 Å². The van der Waals surface area contributed by atoms with Gasteiger partial charge in [0.15, 0.2) is 0 Å². The van der Waals surface area contributed by atoms with Gasteiger partial charge in [0.25, 0.3) is 0 Å². The first-order valence-electron chi connectivity index (χ1n) is 9.48. The molecule has 2 heterocycles. The van der Waals surface area contributed by atoms with Crippen LogP contribution in [0, 0.1) is 0 Å². The number of fused-ring (bicyclic) bond motifs is 1. The van der Waals surface area contributed by atoms with Gasteiger partial charge in [-0.25, -0.2) is 0 Å². The largest absolute Gasteiger partial charge is 0.416 e. The normalized spacial score (nSPS) is 14.9. The van der Waals surface area contributed by atoms with E-state index in [-0.39, 0.29) is 17.9 Å². The number of para-hydroxylation sites is 1. The summed E-state index contributed by atoms with van der Waals surface area (Å²) in [6.45, 7) is 1.65. The Morgan fingerprint density at radius 1 is 1.00 bits per heavy atom. The minimum atomic E-state index is -4.39. The third-order valence-corrected chi connectivity index (χ3v) is 5.22. The van der Waals surface area contributed by atoms with Crippen LogP contribution in [0.25, 0.3) is 10.9 Å². The highest BCUT2D eigenvalue weighted by Gasteiger charge is 2.31. The molecule has 0 N–H and O–H groups in total. The molecule has 30 heavy (non-hydrogen) atoms. The number of benzene rings is 2. The molecule has 1 amide bonds. The quantitative estimate of drug-likeness (QED) is 0.659. The molecule has 0 bridgehead atoms. The van der Waals surface area contributed by atoms with Crippen LogP contribution in [0.5, 0.6) is 0 Å². The van der Waals surface area contributed by atoms with E-state index >= 15 is 0 Å². The van der Waals surface area contributed by atoms with Crippen molar-refractivity contribution in [2.75, 3.05) is 31.1 Å². The second-order valence-electron chi connectivity index (χ2n) is 7.10. The number of carbonyl (C=O) groups is 1. The first-order valence-corrected chi connectivity index (χ1v) is 9.48. The summed E-state index contributed by atoms with van der Waals surface area (Å²) in [5.41, 5.74) is 0.185. The number of anilines is 1. The summed E-state index contributed by atoms with van der Waals surface area (Å²) in [6.07, 6.45) is -3.19. The lowest BCUT2D eigenvalue weighted by Crippen LogP contribution is -2.49. The predicted molar refractivity (Wildman–Crippen MR) is 106 cm³/mol. The molecule has 156 valence electrons. The molecule has 2 aromatic carbocycles. The minimum absolute atomic E-state index is 0.00957. The maximum atomic E-state index is 12.9. The lowest BCUT2D eigenvalue weighted by molar-refractivity contribution is -0.137. The molecule has 9 heteroatoms. The van der Waals surface area contributed by atoms with Crippen molar-refractivity contribution in [3.05, 3.63) is 70.5 Å². The Bertz CT molecular complexity index is 1130. The fourth-order valence-corrected chi connectivity index (χ4v) is 3.61. The molecule has 1 fully saturated rings. The van der Waals surface area contributed by atoms with E-state index < -0.39 is 11.7 Å². The van der Waals surface area contributed by atoms with Crippen LogP contribution in [0.15, 0.2) is 59.5 Å². The molecule has 1 saturated heterocycles. The van der Waals surface area contributed by atoms with Gasteiger partial charge in [0.1, 0.15) is 6.54 Å². The van der Waals surface area contributed by atoms with Crippen LogP contribution in [0.1, 0.15) is 5.56 Å². The van der Waals surface area contributed by atoms with Crippen LogP contribution in [0.4, 0.5) is 18.9 Å². The Morgan fingerprint density at radius 3 is 2.47 bits per heavy atom. The van der Waals surface area contributed by atoms with Gasteiger partial charge in [0, 0.05) is 37.3 Å². The third-order valence-electron chi connectivity index (χ3n) is 5.22.